The van der Waals surface area contributed by atoms with E-state index < -0.39 is 5.97 Å². The Morgan fingerprint density at radius 2 is 2.10 bits per heavy atom. The van der Waals surface area contributed by atoms with E-state index in [1.54, 1.807) is 42.0 Å². The first-order valence-corrected chi connectivity index (χ1v) is 6.05. The van der Waals surface area contributed by atoms with E-state index in [1.165, 1.54) is 0 Å². The van der Waals surface area contributed by atoms with Gasteiger partial charge in [-0.15, -0.1) is 0 Å². The smallest absolute Gasteiger partial charge is 0.355 e. The third-order valence-corrected chi connectivity index (χ3v) is 3.08. The predicted octanol–water partition coefficient (Wildman–Crippen LogP) is 2.71. The molecule has 0 atom stereocenters. The lowest BCUT2D eigenvalue weighted by Gasteiger charge is -2.03. The van der Waals surface area contributed by atoms with Gasteiger partial charge in [-0.1, -0.05) is 18.2 Å². The quantitative estimate of drug-likeness (QED) is 0.793. The van der Waals surface area contributed by atoms with Gasteiger partial charge in [0.15, 0.2) is 5.69 Å². The monoisotopic (exact) mass is 268 g/mol. The van der Waals surface area contributed by atoms with Crippen molar-refractivity contribution in [1.29, 1.82) is 0 Å². The molecule has 2 aromatic heterocycles. The fraction of sp³-hybridized carbons (Fsp3) is 0.0667. The largest absolute Gasteiger partial charge is 0.497 e. The molecular formula is C15H12N2O3. The van der Waals surface area contributed by atoms with E-state index in [1.807, 2.05) is 18.2 Å². The highest BCUT2D eigenvalue weighted by molar-refractivity contribution is 5.94. The number of carbonyl (C=O) groups is 1. The van der Waals surface area contributed by atoms with Crippen molar-refractivity contribution >= 4 is 11.6 Å². The van der Waals surface area contributed by atoms with Crippen molar-refractivity contribution in [1.82, 2.24) is 9.38 Å². The van der Waals surface area contributed by atoms with Crippen LogP contribution in [0, 0.1) is 0 Å². The number of carboxylic acids is 1. The van der Waals surface area contributed by atoms with Crippen molar-refractivity contribution in [3.05, 3.63) is 54.4 Å². The predicted molar refractivity (Wildman–Crippen MR) is 74.1 cm³/mol. The third kappa shape index (κ3) is 1.89. The molecule has 1 aromatic carbocycles. The first-order valence-electron chi connectivity index (χ1n) is 6.05. The highest BCUT2D eigenvalue weighted by Crippen LogP contribution is 2.27. The van der Waals surface area contributed by atoms with E-state index in [9.17, 15) is 9.90 Å². The Hall–Kier alpha value is -2.82. The summed E-state index contributed by atoms with van der Waals surface area (Å²) in [5.74, 6) is -0.350. The van der Waals surface area contributed by atoms with Gasteiger partial charge in [-0.25, -0.2) is 9.78 Å². The van der Waals surface area contributed by atoms with Gasteiger partial charge in [0.25, 0.3) is 0 Å². The molecule has 1 N–H and O–H groups in total. The SMILES string of the molecule is COc1cccc(-c2nc3ccccn3c2C(=O)O)c1. The van der Waals surface area contributed by atoms with E-state index in [-0.39, 0.29) is 5.69 Å². The summed E-state index contributed by atoms with van der Waals surface area (Å²) in [6.45, 7) is 0. The van der Waals surface area contributed by atoms with Crippen LogP contribution < -0.4 is 4.74 Å². The summed E-state index contributed by atoms with van der Waals surface area (Å²) in [6, 6.07) is 12.6. The van der Waals surface area contributed by atoms with Crippen molar-refractivity contribution in [3.63, 3.8) is 0 Å². The van der Waals surface area contributed by atoms with E-state index in [4.69, 9.17) is 4.74 Å². The number of pyridine rings is 1. The van der Waals surface area contributed by atoms with Crippen LogP contribution >= 0.6 is 0 Å². The number of rotatable bonds is 3. The number of aromatic carboxylic acids is 1. The molecule has 0 fully saturated rings. The molecule has 0 aliphatic heterocycles. The highest BCUT2D eigenvalue weighted by atomic mass is 16.5. The lowest BCUT2D eigenvalue weighted by Crippen LogP contribution is -2.03. The molecule has 0 aliphatic rings. The number of hydrogen-bond donors (Lipinski definition) is 1. The van der Waals surface area contributed by atoms with E-state index >= 15 is 0 Å². The van der Waals surface area contributed by atoms with Gasteiger partial charge in [-0.2, -0.15) is 0 Å². The van der Waals surface area contributed by atoms with Gasteiger partial charge in [0.05, 0.1) is 7.11 Å². The number of nitrogens with zero attached hydrogens (tertiary/aromatic N) is 2. The Bertz CT molecular complexity index is 793. The minimum absolute atomic E-state index is 0.147. The Labute approximate surface area is 115 Å². The topological polar surface area (TPSA) is 63.8 Å². The maximum Gasteiger partial charge on any atom is 0.355 e. The fourth-order valence-corrected chi connectivity index (χ4v) is 2.17. The Morgan fingerprint density at radius 1 is 1.25 bits per heavy atom. The van der Waals surface area contributed by atoms with Crippen molar-refractivity contribution in [2.45, 2.75) is 0 Å². The first kappa shape index (κ1) is 12.2. The van der Waals surface area contributed by atoms with Crippen molar-refractivity contribution in [2.75, 3.05) is 7.11 Å². The molecule has 5 nitrogen and oxygen atoms in total. The fourth-order valence-electron chi connectivity index (χ4n) is 2.17. The Kier molecular flexibility index (Phi) is 2.87. The van der Waals surface area contributed by atoms with Crippen molar-refractivity contribution in [3.8, 4) is 17.0 Å². The average Bonchev–Trinajstić information content (AvgIpc) is 2.87. The molecule has 3 aromatic rings. The zero-order valence-corrected chi connectivity index (χ0v) is 10.8. The van der Waals surface area contributed by atoms with Crippen LogP contribution in [0.2, 0.25) is 0 Å². The zero-order valence-electron chi connectivity index (χ0n) is 10.8. The minimum atomic E-state index is -1.01. The van der Waals surface area contributed by atoms with Gasteiger partial charge in [-0.3, -0.25) is 4.40 Å². The molecule has 0 saturated carbocycles. The van der Waals surface area contributed by atoms with Gasteiger partial charge in [0, 0.05) is 11.8 Å². The van der Waals surface area contributed by atoms with Crippen LogP contribution in [0.15, 0.2) is 48.7 Å². The first-order chi connectivity index (χ1) is 9.70. The van der Waals surface area contributed by atoms with Crippen molar-refractivity contribution < 1.29 is 14.6 Å². The van der Waals surface area contributed by atoms with Crippen LogP contribution in [0.1, 0.15) is 10.5 Å². The molecule has 0 radical (unpaired) electrons. The number of aromatic nitrogens is 2. The number of ether oxygens (including phenoxy) is 1. The van der Waals surface area contributed by atoms with E-state index in [2.05, 4.69) is 4.98 Å². The summed E-state index contributed by atoms with van der Waals surface area (Å²) in [4.78, 5) is 15.9. The van der Waals surface area contributed by atoms with Gasteiger partial charge >= 0.3 is 5.97 Å². The van der Waals surface area contributed by atoms with Crippen molar-refractivity contribution in [2.24, 2.45) is 0 Å². The third-order valence-electron chi connectivity index (χ3n) is 3.08. The summed E-state index contributed by atoms with van der Waals surface area (Å²) in [5.41, 5.74) is 1.89. The minimum Gasteiger partial charge on any atom is -0.497 e. The molecule has 0 bridgehead atoms. The molecule has 100 valence electrons. The summed E-state index contributed by atoms with van der Waals surface area (Å²) in [6.07, 6.45) is 1.69. The molecule has 5 heteroatoms. The molecule has 0 spiro atoms. The maximum atomic E-state index is 11.5. The van der Waals surface area contributed by atoms with Crippen LogP contribution in [0.4, 0.5) is 0 Å². The number of carboxylic acid groups (broad SMARTS) is 1. The van der Waals surface area contributed by atoms with Crippen LogP contribution in [0.5, 0.6) is 5.75 Å². The lowest BCUT2D eigenvalue weighted by atomic mass is 10.1. The second kappa shape index (κ2) is 4.70. The van der Waals surface area contributed by atoms with Crippen LogP contribution in [0.3, 0.4) is 0 Å². The van der Waals surface area contributed by atoms with Crippen LogP contribution in [0.25, 0.3) is 16.9 Å². The Morgan fingerprint density at radius 3 is 2.85 bits per heavy atom. The maximum absolute atomic E-state index is 11.5. The molecule has 0 unspecified atom stereocenters. The lowest BCUT2D eigenvalue weighted by molar-refractivity contribution is 0.0690. The molecule has 20 heavy (non-hydrogen) atoms. The molecular weight excluding hydrogens is 256 g/mol. The van der Waals surface area contributed by atoms with E-state index in [0.717, 1.165) is 0 Å². The average molecular weight is 268 g/mol. The van der Waals surface area contributed by atoms with E-state index in [0.29, 0.717) is 22.7 Å². The number of methoxy groups -OCH3 is 1. The molecule has 0 saturated heterocycles. The van der Waals surface area contributed by atoms with Gasteiger partial charge in [0.1, 0.15) is 17.1 Å². The molecule has 0 aliphatic carbocycles. The zero-order chi connectivity index (χ0) is 14.1. The standard InChI is InChI=1S/C15H12N2O3/c1-20-11-6-4-5-10(9-11)13-14(15(18)19)17-8-3-2-7-12(17)16-13/h2-9H,1H3,(H,18,19). The Balaban J connectivity index is 2.29. The summed E-state index contributed by atoms with van der Waals surface area (Å²) >= 11 is 0. The molecule has 3 rings (SSSR count). The normalized spacial score (nSPS) is 10.7. The number of hydrogen-bond acceptors (Lipinski definition) is 3. The van der Waals surface area contributed by atoms with Crippen LogP contribution in [-0.2, 0) is 0 Å². The molecule has 0 amide bonds. The van der Waals surface area contributed by atoms with Gasteiger partial charge in [0.2, 0.25) is 0 Å². The van der Waals surface area contributed by atoms with Gasteiger partial charge < -0.3 is 9.84 Å². The summed E-state index contributed by atoms with van der Waals surface area (Å²) in [5, 5.41) is 9.45. The second-order valence-corrected chi connectivity index (χ2v) is 4.27. The summed E-state index contributed by atoms with van der Waals surface area (Å²) in [7, 11) is 1.57. The second-order valence-electron chi connectivity index (χ2n) is 4.27. The van der Waals surface area contributed by atoms with Crippen LogP contribution in [-0.4, -0.2) is 27.6 Å². The summed E-state index contributed by atoms with van der Waals surface area (Å²) < 4.78 is 6.74. The molecule has 2 heterocycles. The number of imidazole rings is 1. The number of benzene rings is 1. The number of fused-ring (bicyclic) bond motifs is 1. The van der Waals surface area contributed by atoms with Gasteiger partial charge in [-0.05, 0) is 24.3 Å². The highest BCUT2D eigenvalue weighted by Gasteiger charge is 2.19.